The summed E-state index contributed by atoms with van der Waals surface area (Å²) in [6, 6.07) is 6.34. The van der Waals surface area contributed by atoms with Gasteiger partial charge in [0.25, 0.3) is 0 Å². The van der Waals surface area contributed by atoms with E-state index in [4.69, 9.17) is 4.74 Å². The number of nitro groups is 1. The number of nitrogens with zero attached hydrogens (tertiary/aromatic N) is 4. The van der Waals surface area contributed by atoms with Gasteiger partial charge in [0.05, 0.1) is 24.2 Å². The highest BCUT2D eigenvalue weighted by Gasteiger charge is 2.28. The summed E-state index contributed by atoms with van der Waals surface area (Å²) in [5.74, 6) is 0.0667. The molecule has 146 valence electrons. The van der Waals surface area contributed by atoms with Gasteiger partial charge in [-0.2, -0.15) is 5.10 Å². The minimum Gasteiger partial charge on any atom is -0.379 e. The van der Waals surface area contributed by atoms with E-state index < -0.39 is 4.92 Å². The third kappa shape index (κ3) is 4.25. The number of morpholine rings is 1. The maximum atomic E-state index is 13.8. The van der Waals surface area contributed by atoms with Gasteiger partial charge in [0, 0.05) is 26.7 Å². The second kappa shape index (κ2) is 8.45. The first-order valence-corrected chi connectivity index (χ1v) is 9.02. The van der Waals surface area contributed by atoms with E-state index >= 15 is 0 Å². The van der Waals surface area contributed by atoms with Crippen LogP contribution in [0.5, 0.6) is 0 Å². The van der Waals surface area contributed by atoms with Crippen LogP contribution in [0.15, 0.2) is 24.3 Å². The number of hydrogen-bond donors (Lipinski definition) is 1. The predicted molar refractivity (Wildman–Crippen MR) is 99.3 cm³/mol. The first-order chi connectivity index (χ1) is 13.0. The fourth-order valence-corrected chi connectivity index (χ4v) is 3.45. The van der Waals surface area contributed by atoms with E-state index in [9.17, 15) is 14.5 Å². The van der Waals surface area contributed by atoms with E-state index in [1.165, 1.54) is 16.8 Å². The van der Waals surface area contributed by atoms with Gasteiger partial charge in [-0.3, -0.25) is 15.0 Å². The minimum absolute atomic E-state index is 0.0000280. The lowest BCUT2D eigenvalue weighted by atomic mass is 10.0. The molecule has 0 spiro atoms. The van der Waals surface area contributed by atoms with Gasteiger partial charge in [-0.05, 0) is 24.1 Å². The Bertz CT molecular complexity index is 804. The van der Waals surface area contributed by atoms with Crippen molar-refractivity contribution in [1.29, 1.82) is 0 Å². The van der Waals surface area contributed by atoms with Gasteiger partial charge in [-0.15, -0.1) is 0 Å². The Labute approximate surface area is 157 Å². The maximum absolute atomic E-state index is 13.8. The fraction of sp³-hybridized carbons (Fsp3) is 0.500. The number of anilines is 1. The fourth-order valence-electron chi connectivity index (χ4n) is 3.45. The molecule has 1 aromatic heterocycles. The van der Waals surface area contributed by atoms with Crippen LogP contribution >= 0.6 is 0 Å². The zero-order valence-corrected chi connectivity index (χ0v) is 15.5. The molecule has 2 heterocycles. The molecule has 0 saturated carbocycles. The number of rotatable bonds is 7. The van der Waals surface area contributed by atoms with Gasteiger partial charge in [-0.25, -0.2) is 9.07 Å². The molecule has 1 aliphatic rings. The van der Waals surface area contributed by atoms with E-state index in [1.807, 2.05) is 13.0 Å². The average molecular weight is 377 g/mol. The number of halogens is 1. The van der Waals surface area contributed by atoms with E-state index in [1.54, 1.807) is 13.1 Å². The number of aromatic nitrogens is 2. The largest absolute Gasteiger partial charge is 0.379 e. The normalized spacial score (nSPS) is 16.3. The van der Waals surface area contributed by atoms with Crippen molar-refractivity contribution >= 4 is 11.5 Å². The van der Waals surface area contributed by atoms with Crippen molar-refractivity contribution in [3.63, 3.8) is 0 Å². The topological polar surface area (TPSA) is 85.5 Å². The van der Waals surface area contributed by atoms with Crippen molar-refractivity contribution < 1.29 is 14.1 Å². The highest BCUT2D eigenvalue weighted by molar-refractivity contribution is 5.60. The summed E-state index contributed by atoms with van der Waals surface area (Å²) in [6.45, 7) is 4.89. The van der Waals surface area contributed by atoms with Crippen molar-refractivity contribution in [2.75, 3.05) is 38.2 Å². The molecule has 1 saturated heterocycles. The Morgan fingerprint density at radius 3 is 2.78 bits per heavy atom. The number of benzene rings is 1. The smallest absolute Gasteiger partial charge is 0.333 e. The van der Waals surface area contributed by atoms with Crippen molar-refractivity contribution in [1.82, 2.24) is 14.7 Å². The van der Waals surface area contributed by atoms with Gasteiger partial charge in [-0.1, -0.05) is 19.1 Å². The maximum Gasteiger partial charge on any atom is 0.333 e. The Balaban J connectivity index is 1.87. The van der Waals surface area contributed by atoms with Crippen LogP contribution in [0.3, 0.4) is 0 Å². The molecule has 1 atom stereocenters. The first-order valence-electron chi connectivity index (χ1n) is 9.02. The standard InChI is InChI=1S/C18H24FN5O3/c1-3-15-17(24(25)26)18(22(2)21-15)20-12-16(23-7-9-27-10-8-23)13-5-4-6-14(19)11-13/h4-6,11,16,20H,3,7-10,12H2,1-2H3. The Morgan fingerprint density at radius 1 is 1.41 bits per heavy atom. The third-order valence-electron chi connectivity index (χ3n) is 4.79. The molecule has 3 rings (SSSR count). The molecule has 0 amide bonds. The van der Waals surface area contributed by atoms with Gasteiger partial charge >= 0.3 is 5.69 Å². The van der Waals surface area contributed by atoms with Crippen LogP contribution in [0.25, 0.3) is 0 Å². The second-order valence-electron chi connectivity index (χ2n) is 6.48. The molecule has 2 aromatic rings. The van der Waals surface area contributed by atoms with Crippen molar-refractivity contribution in [3.8, 4) is 0 Å². The van der Waals surface area contributed by atoms with E-state index in [2.05, 4.69) is 15.3 Å². The summed E-state index contributed by atoms with van der Waals surface area (Å²) in [6.07, 6.45) is 0.475. The molecule has 9 heteroatoms. The Kier molecular flexibility index (Phi) is 6.02. The molecule has 1 N–H and O–H groups in total. The lowest BCUT2D eigenvalue weighted by molar-refractivity contribution is -0.384. The number of aryl methyl sites for hydroxylation is 2. The highest BCUT2D eigenvalue weighted by atomic mass is 19.1. The zero-order chi connectivity index (χ0) is 19.4. The van der Waals surface area contributed by atoms with Crippen molar-refractivity contribution in [3.05, 3.63) is 51.5 Å². The first kappa shape index (κ1) is 19.2. The van der Waals surface area contributed by atoms with Crippen LogP contribution in [0.1, 0.15) is 24.2 Å². The van der Waals surface area contributed by atoms with Crippen molar-refractivity contribution in [2.24, 2.45) is 7.05 Å². The molecule has 1 aromatic carbocycles. The van der Waals surface area contributed by atoms with Gasteiger partial charge in [0.2, 0.25) is 5.82 Å². The molecule has 1 fully saturated rings. The highest BCUT2D eigenvalue weighted by Crippen LogP contribution is 2.30. The van der Waals surface area contributed by atoms with E-state index in [-0.39, 0.29) is 17.5 Å². The Morgan fingerprint density at radius 2 is 2.15 bits per heavy atom. The minimum atomic E-state index is -0.403. The summed E-state index contributed by atoms with van der Waals surface area (Å²) in [4.78, 5) is 13.3. The van der Waals surface area contributed by atoms with Gasteiger partial charge in [0.15, 0.2) is 0 Å². The lowest BCUT2D eigenvalue weighted by Gasteiger charge is -2.35. The monoisotopic (exact) mass is 377 g/mol. The molecular weight excluding hydrogens is 353 g/mol. The predicted octanol–water partition coefficient (Wildman–Crippen LogP) is 2.52. The molecule has 0 bridgehead atoms. The zero-order valence-electron chi connectivity index (χ0n) is 15.5. The van der Waals surface area contributed by atoms with Crippen LogP contribution in [-0.4, -0.2) is 52.5 Å². The molecule has 27 heavy (non-hydrogen) atoms. The number of nitrogens with one attached hydrogen (secondary N) is 1. The summed E-state index contributed by atoms with van der Waals surface area (Å²) in [5, 5.41) is 18.9. The third-order valence-corrected chi connectivity index (χ3v) is 4.79. The molecule has 1 aliphatic heterocycles. The quantitative estimate of drug-likeness (QED) is 0.589. The molecule has 8 nitrogen and oxygen atoms in total. The van der Waals surface area contributed by atoms with Crippen LogP contribution in [0.2, 0.25) is 0 Å². The summed E-state index contributed by atoms with van der Waals surface area (Å²) < 4.78 is 20.7. The van der Waals surface area contributed by atoms with Crippen LogP contribution in [0, 0.1) is 15.9 Å². The number of hydrogen-bond acceptors (Lipinski definition) is 6. The lowest BCUT2D eigenvalue weighted by Crippen LogP contribution is -2.41. The summed E-state index contributed by atoms with van der Waals surface area (Å²) >= 11 is 0. The Hall–Kier alpha value is -2.52. The van der Waals surface area contributed by atoms with E-state index in [0.29, 0.717) is 37.7 Å². The van der Waals surface area contributed by atoms with Crippen molar-refractivity contribution in [2.45, 2.75) is 19.4 Å². The van der Waals surface area contributed by atoms with Crippen LogP contribution < -0.4 is 5.32 Å². The van der Waals surface area contributed by atoms with Gasteiger partial charge < -0.3 is 10.1 Å². The SMILES string of the molecule is CCc1nn(C)c(NCC(c2cccc(F)c2)N2CCOCC2)c1[N+](=O)[O-]. The van der Waals surface area contributed by atoms with Crippen LogP contribution in [0.4, 0.5) is 15.9 Å². The summed E-state index contributed by atoms with van der Waals surface area (Å²) in [7, 11) is 1.68. The average Bonchev–Trinajstić information content (AvgIpc) is 2.99. The molecular formula is C18H24FN5O3. The number of ether oxygens (including phenoxy) is 1. The summed E-state index contributed by atoms with van der Waals surface area (Å²) in [5.41, 5.74) is 1.27. The molecule has 0 aliphatic carbocycles. The van der Waals surface area contributed by atoms with Gasteiger partial charge in [0.1, 0.15) is 11.5 Å². The molecule has 0 radical (unpaired) electrons. The van der Waals surface area contributed by atoms with Crippen LogP contribution in [-0.2, 0) is 18.2 Å². The second-order valence-corrected chi connectivity index (χ2v) is 6.48. The van der Waals surface area contributed by atoms with E-state index in [0.717, 1.165) is 18.7 Å². The molecule has 1 unspecified atom stereocenters.